The molecule has 6 nitrogen and oxygen atoms in total. The van der Waals surface area contributed by atoms with Crippen LogP contribution >= 0.6 is 0 Å². The van der Waals surface area contributed by atoms with Gasteiger partial charge in [0, 0.05) is 5.56 Å². The van der Waals surface area contributed by atoms with Gasteiger partial charge in [-0.1, -0.05) is 160 Å². The van der Waals surface area contributed by atoms with Crippen LogP contribution < -0.4 is 12.4 Å². The number of hydrogen-bond donors (Lipinski definition) is 0. The normalized spacial score (nSPS) is 11.6. The lowest BCUT2D eigenvalue weighted by molar-refractivity contribution is -0.903. The Morgan fingerprint density at radius 1 is 0.553 bits per heavy atom. The zero-order valence-corrected chi connectivity index (χ0v) is 34.0. The van der Waals surface area contributed by atoms with E-state index in [0.29, 0.717) is 0 Å². The fourth-order valence-electron chi connectivity index (χ4n) is 5.61. The molecule has 0 aliphatic rings. The minimum atomic E-state index is -4.41. The van der Waals surface area contributed by atoms with E-state index in [1.165, 1.54) is 160 Å². The van der Waals surface area contributed by atoms with Crippen LogP contribution in [-0.2, 0) is 21.1 Å². The average molecular weight is 708 g/mol. The summed E-state index contributed by atoms with van der Waals surface area (Å²) in [6.45, 7) is 8.36. The first-order chi connectivity index (χ1) is 21.8. The Hall–Kier alpha value is -0.700. The molecular formula is C39H79ClN2O4S. The van der Waals surface area contributed by atoms with Crippen molar-refractivity contribution >= 4 is 10.4 Å². The van der Waals surface area contributed by atoms with E-state index in [2.05, 4.69) is 83.6 Å². The molecule has 1 aromatic carbocycles. The van der Waals surface area contributed by atoms with Crippen molar-refractivity contribution in [1.82, 2.24) is 0 Å². The van der Waals surface area contributed by atoms with Gasteiger partial charge in [0.05, 0.1) is 55.4 Å². The summed E-state index contributed by atoms with van der Waals surface area (Å²) < 4.78 is 33.3. The van der Waals surface area contributed by atoms with Crippen LogP contribution in [0.15, 0.2) is 30.3 Å². The summed E-state index contributed by atoms with van der Waals surface area (Å²) in [5.41, 5.74) is 1.46. The molecule has 282 valence electrons. The number of nitrogens with zero attached hydrogens (tertiary/aromatic N) is 2. The van der Waals surface area contributed by atoms with Gasteiger partial charge in [0.1, 0.15) is 6.54 Å². The van der Waals surface area contributed by atoms with Crippen molar-refractivity contribution in [1.29, 1.82) is 0 Å². The van der Waals surface area contributed by atoms with Gasteiger partial charge in [-0.3, -0.25) is 4.18 Å². The molecule has 8 heteroatoms. The minimum absolute atomic E-state index is 0. The lowest BCUT2D eigenvalue weighted by Gasteiger charge is -2.30. The molecule has 0 bridgehead atoms. The van der Waals surface area contributed by atoms with Gasteiger partial charge in [-0.25, -0.2) is 8.42 Å². The smallest absolute Gasteiger partial charge is 0.217 e. The summed E-state index contributed by atoms with van der Waals surface area (Å²) >= 11 is 0. The van der Waals surface area contributed by atoms with Gasteiger partial charge in [0.25, 0.3) is 0 Å². The van der Waals surface area contributed by atoms with Crippen LogP contribution in [0.3, 0.4) is 0 Å². The average Bonchev–Trinajstić information content (AvgIpc) is 2.99. The van der Waals surface area contributed by atoms with E-state index in [1.807, 2.05) is 0 Å². The number of benzene rings is 1. The highest BCUT2D eigenvalue weighted by Crippen LogP contribution is 2.15. The Labute approximate surface area is 301 Å². The molecule has 47 heavy (non-hydrogen) atoms. The van der Waals surface area contributed by atoms with Crippen molar-refractivity contribution < 1.29 is 38.5 Å². The zero-order chi connectivity index (χ0) is 35.0. The van der Waals surface area contributed by atoms with E-state index in [9.17, 15) is 13.0 Å². The molecule has 0 radical (unpaired) electrons. The number of quaternary nitrogens is 2. The molecule has 0 heterocycles. The summed E-state index contributed by atoms with van der Waals surface area (Å²) in [6, 6.07) is 10.9. The molecule has 0 aromatic heterocycles. The van der Waals surface area contributed by atoms with Gasteiger partial charge >= 0.3 is 0 Å². The zero-order valence-electron chi connectivity index (χ0n) is 32.4. The fraction of sp³-hybridized carbons (Fsp3) is 0.846. The second-order valence-corrected chi connectivity index (χ2v) is 16.1. The topological polar surface area (TPSA) is 66.4 Å². The van der Waals surface area contributed by atoms with Crippen molar-refractivity contribution in [3.8, 4) is 0 Å². The Kier molecular flexibility index (Phi) is 36.4. The van der Waals surface area contributed by atoms with E-state index in [1.54, 1.807) is 0 Å². The van der Waals surface area contributed by atoms with E-state index in [4.69, 9.17) is 0 Å². The monoisotopic (exact) mass is 707 g/mol. The molecule has 1 aromatic rings. The van der Waals surface area contributed by atoms with Crippen LogP contribution in [-0.4, -0.2) is 77.4 Å². The van der Waals surface area contributed by atoms with Crippen molar-refractivity contribution in [2.45, 2.75) is 162 Å². The predicted molar refractivity (Wildman–Crippen MR) is 200 cm³/mol. The second-order valence-electron chi connectivity index (χ2n) is 15.0. The van der Waals surface area contributed by atoms with Crippen molar-refractivity contribution in [3.63, 3.8) is 0 Å². The van der Waals surface area contributed by atoms with Crippen LogP contribution in [0.25, 0.3) is 0 Å². The molecule has 0 saturated carbocycles. The van der Waals surface area contributed by atoms with E-state index in [-0.39, 0.29) is 12.4 Å². The Bertz CT molecular complexity index is 861. The van der Waals surface area contributed by atoms with Crippen molar-refractivity contribution in [2.24, 2.45) is 0 Å². The van der Waals surface area contributed by atoms with E-state index in [0.717, 1.165) is 22.6 Å². The highest BCUT2D eigenvalue weighted by molar-refractivity contribution is 7.80. The SMILES string of the molecule is CCCCCCCCCCCCCC[N+](C)(C)C.CCCCCCCCCCCC[N+](C)(C)Cc1ccccc1.COS(=O)(=O)[O-].[Cl-]. The quantitative estimate of drug-likeness (QED) is 0.0408. The predicted octanol–water partition coefficient (Wildman–Crippen LogP) is 7.67. The van der Waals surface area contributed by atoms with Gasteiger partial charge in [0.2, 0.25) is 10.4 Å². The molecule has 0 N–H and O–H groups in total. The van der Waals surface area contributed by atoms with Gasteiger partial charge in [-0.15, -0.1) is 0 Å². The summed E-state index contributed by atoms with van der Waals surface area (Å²) in [4.78, 5) is 0. The summed E-state index contributed by atoms with van der Waals surface area (Å²) in [5.74, 6) is 0. The lowest BCUT2D eigenvalue weighted by Crippen LogP contribution is -3.00. The highest BCUT2D eigenvalue weighted by Gasteiger charge is 2.14. The first-order valence-corrected chi connectivity index (χ1v) is 20.3. The molecule has 0 aliphatic heterocycles. The molecule has 0 amide bonds. The molecule has 0 atom stereocenters. The third-order valence-corrected chi connectivity index (χ3v) is 8.87. The molecule has 1 rings (SSSR count). The van der Waals surface area contributed by atoms with E-state index >= 15 is 0 Å². The largest absolute Gasteiger partial charge is 1.00 e. The molecular weight excluding hydrogens is 628 g/mol. The maximum atomic E-state index is 9.22. The molecule has 0 saturated heterocycles. The second kappa shape index (κ2) is 33.8. The third-order valence-electron chi connectivity index (χ3n) is 8.46. The summed E-state index contributed by atoms with van der Waals surface area (Å²) in [6.07, 6.45) is 31.6. The summed E-state index contributed by atoms with van der Waals surface area (Å²) in [5, 5.41) is 0. The van der Waals surface area contributed by atoms with Gasteiger partial charge in [-0.2, -0.15) is 0 Å². The molecule has 0 spiro atoms. The number of halogens is 1. The molecule has 0 aliphatic carbocycles. The van der Waals surface area contributed by atoms with Crippen molar-refractivity contribution in [3.05, 3.63) is 35.9 Å². The standard InChI is InChI=1S/C21H38N.C17H38N.CH4O4S.ClH/c1-4-5-6-7-8-9-10-11-12-16-19-22(2,3)20-21-17-14-13-15-18-21;1-5-6-7-8-9-10-11-12-13-14-15-16-17-18(2,3)4;1-5-6(2,3)4;/h13-15,17-18H,4-12,16,19-20H2,1-3H3;5-17H2,1-4H3;1H3,(H,2,3,4);1H/q2*+1;;/p-2. The highest BCUT2D eigenvalue weighted by atomic mass is 35.5. The van der Waals surface area contributed by atoms with Crippen LogP contribution in [0.1, 0.15) is 161 Å². The number of unbranched alkanes of at least 4 members (excludes halogenated alkanes) is 20. The van der Waals surface area contributed by atoms with Gasteiger partial charge in [0.15, 0.2) is 0 Å². The maximum Gasteiger partial charge on any atom is 0.217 e. The van der Waals surface area contributed by atoms with Crippen LogP contribution in [0.5, 0.6) is 0 Å². The summed E-state index contributed by atoms with van der Waals surface area (Å²) in [7, 11) is 7.99. The first kappa shape index (κ1) is 50.7. The van der Waals surface area contributed by atoms with Gasteiger partial charge in [-0.05, 0) is 25.7 Å². The Morgan fingerprint density at radius 2 is 0.851 bits per heavy atom. The van der Waals surface area contributed by atoms with Crippen LogP contribution in [0.2, 0.25) is 0 Å². The molecule has 0 unspecified atom stereocenters. The fourth-order valence-corrected chi connectivity index (χ4v) is 5.61. The molecule has 0 fully saturated rings. The minimum Gasteiger partial charge on any atom is -1.00 e. The number of hydrogen-bond acceptors (Lipinski definition) is 4. The Morgan fingerprint density at radius 3 is 1.15 bits per heavy atom. The Balaban J connectivity index is -0.000000699. The first-order valence-electron chi connectivity index (χ1n) is 18.9. The van der Waals surface area contributed by atoms with E-state index < -0.39 is 10.4 Å². The lowest BCUT2D eigenvalue weighted by atomic mass is 10.1. The third kappa shape index (κ3) is 45.3. The van der Waals surface area contributed by atoms with Crippen LogP contribution in [0, 0.1) is 0 Å². The van der Waals surface area contributed by atoms with Gasteiger partial charge < -0.3 is 25.9 Å². The van der Waals surface area contributed by atoms with Crippen molar-refractivity contribution in [2.75, 3.05) is 55.4 Å². The maximum absolute atomic E-state index is 9.22. The van der Waals surface area contributed by atoms with Crippen LogP contribution in [0.4, 0.5) is 0 Å². The number of rotatable bonds is 27.